The lowest BCUT2D eigenvalue weighted by atomic mass is 9.99. The van der Waals surface area contributed by atoms with E-state index in [0.717, 1.165) is 75.6 Å². The number of likely N-dealkylation sites (N-methyl/N-ethyl adjacent to an activating group) is 2. The Labute approximate surface area is 150 Å². The fourth-order valence-corrected chi connectivity index (χ4v) is 3.48. The Morgan fingerprint density at radius 1 is 0.880 bits per heavy atom. The topological polar surface area (TPSA) is 53.8 Å². The van der Waals surface area contributed by atoms with Crippen LogP contribution in [-0.4, -0.2) is 82.5 Å². The zero-order valence-electron chi connectivity index (χ0n) is 15.2. The molecular formula is C19H27N5O. The van der Waals surface area contributed by atoms with Crippen LogP contribution in [-0.2, 0) is 4.79 Å². The highest BCUT2D eigenvalue weighted by Crippen LogP contribution is 2.30. The van der Waals surface area contributed by atoms with E-state index in [1.807, 2.05) is 12.1 Å². The Kier molecular flexibility index (Phi) is 5.57. The first kappa shape index (κ1) is 17.7. The number of anilines is 2. The average Bonchev–Trinajstić information content (AvgIpc) is 2.64. The molecule has 2 saturated heterocycles. The van der Waals surface area contributed by atoms with E-state index in [1.54, 1.807) is 0 Å². The maximum Gasteiger partial charge on any atom is 0.141 e. The fraction of sp³-hybridized carbons (Fsp3) is 0.579. The minimum Gasteiger partial charge on any atom is -0.369 e. The van der Waals surface area contributed by atoms with Crippen molar-refractivity contribution in [2.24, 2.45) is 0 Å². The molecule has 1 atom stereocenters. The van der Waals surface area contributed by atoms with Crippen LogP contribution in [0.1, 0.15) is 11.5 Å². The van der Waals surface area contributed by atoms with E-state index in [9.17, 15) is 10.1 Å². The van der Waals surface area contributed by atoms with E-state index in [1.165, 1.54) is 0 Å². The third-order valence-electron chi connectivity index (χ3n) is 5.30. The van der Waals surface area contributed by atoms with Gasteiger partial charge < -0.3 is 24.4 Å². The number of nitriles is 1. The molecule has 6 heteroatoms. The number of carbonyl (C=O) groups excluding carboxylic acids is 1. The van der Waals surface area contributed by atoms with Gasteiger partial charge in [0.05, 0.1) is 6.07 Å². The van der Waals surface area contributed by atoms with Gasteiger partial charge in [-0.1, -0.05) is 0 Å². The van der Waals surface area contributed by atoms with E-state index in [0.29, 0.717) is 0 Å². The lowest BCUT2D eigenvalue weighted by Gasteiger charge is -2.37. The highest BCUT2D eigenvalue weighted by molar-refractivity contribution is 5.71. The Hall–Kier alpha value is -2.10. The molecule has 0 bridgehead atoms. The maximum atomic E-state index is 11.3. The standard InChI is InChI=1S/C19H27N5O/c1-21-3-7-23(8-4-21)18-11-16(17(14-20)15-25)12-19(13-18)24-9-5-22(2)6-10-24/h11-13,15,17H,3-10H2,1-2H3. The minimum atomic E-state index is -0.696. The molecule has 25 heavy (non-hydrogen) atoms. The van der Waals surface area contributed by atoms with E-state index in [2.05, 4.69) is 45.8 Å². The third-order valence-corrected chi connectivity index (χ3v) is 5.30. The molecule has 134 valence electrons. The molecule has 2 aliphatic rings. The molecule has 0 saturated carbocycles. The van der Waals surface area contributed by atoms with Crippen molar-refractivity contribution >= 4 is 17.7 Å². The Morgan fingerprint density at radius 3 is 1.68 bits per heavy atom. The minimum absolute atomic E-state index is 0.696. The summed E-state index contributed by atoms with van der Waals surface area (Å²) in [6.07, 6.45) is 0.747. The summed E-state index contributed by atoms with van der Waals surface area (Å²) in [6.45, 7) is 8.02. The molecule has 2 fully saturated rings. The SMILES string of the molecule is CN1CCN(c2cc(C(C#N)C=O)cc(N3CCN(C)CC3)c2)CC1. The zero-order valence-corrected chi connectivity index (χ0v) is 15.2. The van der Waals surface area contributed by atoms with Crippen molar-refractivity contribution in [3.05, 3.63) is 23.8 Å². The second-order valence-electron chi connectivity index (χ2n) is 7.11. The van der Waals surface area contributed by atoms with Crippen LogP contribution in [0.15, 0.2) is 18.2 Å². The number of carbonyl (C=O) groups is 1. The van der Waals surface area contributed by atoms with Gasteiger partial charge in [0.25, 0.3) is 0 Å². The van der Waals surface area contributed by atoms with Gasteiger partial charge in [-0.15, -0.1) is 0 Å². The summed E-state index contributed by atoms with van der Waals surface area (Å²) in [5.41, 5.74) is 3.06. The molecule has 1 aromatic carbocycles. The quantitative estimate of drug-likeness (QED) is 0.762. The monoisotopic (exact) mass is 341 g/mol. The van der Waals surface area contributed by atoms with Crippen molar-refractivity contribution < 1.29 is 4.79 Å². The van der Waals surface area contributed by atoms with Crippen LogP contribution in [0, 0.1) is 11.3 Å². The van der Waals surface area contributed by atoms with Gasteiger partial charge in [0.15, 0.2) is 0 Å². The second-order valence-corrected chi connectivity index (χ2v) is 7.11. The number of hydrogen-bond donors (Lipinski definition) is 0. The third kappa shape index (κ3) is 4.12. The van der Waals surface area contributed by atoms with E-state index < -0.39 is 5.92 Å². The van der Waals surface area contributed by atoms with E-state index in [-0.39, 0.29) is 0 Å². The first-order valence-electron chi connectivity index (χ1n) is 8.97. The predicted molar refractivity (Wildman–Crippen MR) is 100 cm³/mol. The molecule has 3 rings (SSSR count). The van der Waals surface area contributed by atoms with Crippen LogP contribution < -0.4 is 9.80 Å². The van der Waals surface area contributed by atoms with Gasteiger partial charge in [0.2, 0.25) is 0 Å². The molecular weight excluding hydrogens is 314 g/mol. The van der Waals surface area contributed by atoms with Crippen molar-refractivity contribution in [3.63, 3.8) is 0 Å². The summed E-state index contributed by atoms with van der Waals surface area (Å²) in [4.78, 5) is 20.7. The normalized spacial score (nSPS) is 21.0. The van der Waals surface area contributed by atoms with Crippen LogP contribution in [0.2, 0.25) is 0 Å². The molecule has 6 nitrogen and oxygen atoms in total. The molecule has 2 aliphatic heterocycles. The molecule has 0 aromatic heterocycles. The largest absolute Gasteiger partial charge is 0.369 e. The maximum absolute atomic E-state index is 11.3. The average molecular weight is 341 g/mol. The van der Waals surface area contributed by atoms with Crippen LogP contribution in [0.3, 0.4) is 0 Å². The van der Waals surface area contributed by atoms with Gasteiger partial charge in [-0.2, -0.15) is 5.26 Å². The molecule has 1 aromatic rings. The molecule has 0 N–H and O–H groups in total. The van der Waals surface area contributed by atoms with Crippen molar-refractivity contribution in [3.8, 4) is 6.07 Å². The van der Waals surface area contributed by atoms with Gasteiger partial charge >= 0.3 is 0 Å². The van der Waals surface area contributed by atoms with Gasteiger partial charge in [-0.05, 0) is 37.9 Å². The number of piperazine rings is 2. The van der Waals surface area contributed by atoms with Gasteiger partial charge in [-0.3, -0.25) is 0 Å². The van der Waals surface area contributed by atoms with E-state index >= 15 is 0 Å². The molecule has 0 radical (unpaired) electrons. The summed E-state index contributed by atoms with van der Waals surface area (Å²) in [7, 11) is 4.28. The predicted octanol–water partition coefficient (Wildman–Crippen LogP) is 0.996. The highest BCUT2D eigenvalue weighted by atomic mass is 16.1. The van der Waals surface area contributed by atoms with E-state index in [4.69, 9.17) is 0 Å². The lowest BCUT2D eigenvalue weighted by molar-refractivity contribution is -0.108. The molecule has 0 spiro atoms. The first-order chi connectivity index (χ1) is 12.1. The number of hydrogen-bond acceptors (Lipinski definition) is 6. The number of aldehydes is 1. The van der Waals surface area contributed by atoms with Crippen LogP contribution >= 0.6 is 0 Å². The molecule has 1 unspecified atom stereocenters. The van der Waals surface area contributed by atoms with Crippen molar-refractivity contribution in [2.45, 2.75) is 5.92 Å². The zero-order chi connectivity index (χ0) is 17.8. The Morgan fingerprint density at radius 2 is 1.32 bits per heavy atom. The smallest absolute Gasteiger partial charge is 0.141 e. The number of benzene rings is 1. The Balaban J connectivity index is 1.91. The number of nitrogens with zero attached hydrogens (tertiary/aromatic N) is 5. The van der Waals surface area contributed by atoms with Crippen LogP contribution in [0.4, 0.5) is 11.4 Å². The van der Waals surface area contributed by atoms with Gasteiger partial charge in [-0.25, -0.2) is 0 Å². The summed E-state index contributed by atoms with van der Waals surface area (Å²) in [6, 6.07) is 8.38. The lowest BCUT2D eigenvalue weighted by Crippen LogP contribution is -2.45. The summed E-state index contributed by atoms with van der Waals surface area (Å²) < 4.78 is 0. The fourth-order valence-electron chi connectivity index (χ4n) is 3.48. The van der Waals surface area contributed by atoms with Crippen molar-refractivity contribution in [2.75, 3.05) is 76.3 Å². The molecule has 0 aliphatic carbocycles. The highest BCUT2D eigenvalue weighted by Gasteiger charge is 2.21. The van der Waals surface area contributed by atoms with Crippen molar-refractivity contribution in [1.29, 1.82) is 5.26 Å². The van der Waals surface area contributed by atoms with Crippen molar-refractivity contribution in [1.82, 2.24) is 9.80 Å². The molecule has 2 heterocycles. The summed E-state index contributed by atoms with van der Waals surface area (Å²) in [5.74, 6) is -0.696. The molecule has 0 amide bonds. The Bertz CT molecular complexity index is 599. The van der Waals surface area contributed by atoms with Crippen LogP contribution in [0.25, 0.3) is 0 Å². The summed E-state index contributed by atoms with van der Waals surface area (Å²) in [5, 5.41) is 9.33. The van der Waals surface area contributed by atoms with Gasteiger partial charge in [0.1, 0.15) is 12.2 Å². The van der Waals surface area contributed by atoms with Crippen LogP contribution in [0.5, 0.6) is 0 Å². The first-order valence-corrected chi connectivity index (χ1v) is 8.97. The van der Waals surface area contributed by atoms with Gasteiger partial charge in [0, 0.05) is 63.7 Å². The summed E-state index contributed by atoms with van der Waals surface area (Å²) >= 11 is 0. The second kappa shape index (κ2) is 7.85. The number of rotatable bonds is 4.